The van der Waals surface area contributed by atoms with Gasteiger partial charge in [0.25, 0.3) is 5.91 Å². The van der Waals surface area contributed by atoms with Gasteiger partial charge in [0.2, 0.25) is 0 Å². The fraction of sp³-hybridized carbons (Fsp3) is 0.538. The molecule has 1 aliphatic heterocycles. The van der Waals surface area contributed by atoms with E-state index in [4.69, 9.17) is 10.2 Å². The first-order chi connectivity index (χ1) is 8.58. The van der Waals surface area contributed by atoms with Gasteiger partial charge in [-0.3, -0.25) is 4.79 Å². The summed E-state index contributed by atoms with van der Waals surface area (Å²) >= 11 is 0. The Kier molecular flexibility index (Phi) is 3.81. The maximum absolute atomic E-state index is 12.2. The number of nitrogens with zero attached hydrogens (tertiary/aromatic N) is 1. The van der Waals surface area contributed by atoms with Gasteiger partial charge in [0, 0.05) is 25.2 Å². The molecule has 0 radical (unpaired) electrons. The van der Waals surface area contributed by atoms with Gasteiger partial charge in [0.05, 0.1) is 5.56 Å². The first kappa shape index (κ1) is 12.8. The van der Waals surface area contributed by atoms with E-state index in [2.05, 4.69) is 0 Å². The Balaban J connectivity index is 2.09. The van der Waals surface area contributed by atoms with Crippen LogP contribution in [0.1, 0.15) is 30.1 Å². The Morgan fingerprint density at radius 2 is 2.33 bits per heavy atom. The number of piperidine rings is 1. The van der Waals surface area contributed by atoms with Gasteiger partial charge < -0.3 is 15.1 Å². The normalized spacial score (nSPS) is 21.7. The van der Waals surface area contributed by atoms with Gasteiger partial charge in [0.15, 0.2) is 0 Å². The number of carbonyl (C=O) groups is 1. The molecule has 2 heterocycles. The van der Waals surface area contributed by atoms with Gasteiger partial charge in [-0.2, -0.15) is 0 Å². The van der Waals surface area contributed by atoms with Gasteiger partial charge in [0.1, 0.15) is 6.26 Å². The molecule has 2 rings (SSSR count). The monoisotopic (exact) mass is 250 g/mol. The molecule has 0 spiro atoms. The van der Waals surface area contributed by atoms with Crippen LogP contribution >= 0.6 is 0 Å². The molecule has 18 heavy (non-hydrogen) atoms. The topological polar surface area (TPSA) is 76.5 Å². The van der Waals surface area contributed by atoms with Crippen molar-refractivity contribution in [2.45, 2.75) is 25.8 Å². The number of hydrogen-bond acceptors (Lipinski definition) is 4. The Bertz CT molecular complexity index is 461. The van der Waals surface area contributed by atoms with Gasteiger partial charge >= 0.3 is 5.63 Å². The number of nitrogens with two attached hydrogens (primary N) is 1. The third-order valence-corrected chi connectivity index (χ3v) is 3.44. The van der Waals surface area contributed by atoms with Gasteiger partial charge in [-0.05, 0) is 31.7 Å². The molecule has 0 aliphatic carbocycles. The Labute approximate surface area is 106 Å². The molecule has 1 aromatic rings. The summed E-state index contributed by atoms with van der Waals surface area (Å²) in [5.74, 6) is 0.252. The van der Waals surface area contributed by atoms with Crippen LogP contribution in [0.5, 0.6) is 0 Å². The maximum Gasteiger partial charge on any atom is 0.335 e. The first-order valence-electron chi connectivity index (χ1n) is 6.21. The van der Waals surface area contributed by atoms with E-state index in [-0.39, 0.29) is 11.9 Å². The SMILES string of the molecule is CC(N)C1CCCN(C(=O)c2ccc(=O)oc2)C1. The Hall–Kier alpha value is -1.62. The molecule has 5 heteroatoms. The van der Waals surface area contributed by atoms with Gasteiger partial charge in [-0.1, -0.05) is 0 Å². The minimum atomic E-state index is -0.446. The first-order valence-corrected chi connectivity index (χ1v) is 6.21. The molecule has 1 aliphatic rings. The van der Waals surface area contributed by atoms with Crippen LogP contribution in [0.2, 0.25) is 0 Å². The number of carbonyl (C=O) groups excluding carboxylic acids is 1. The second-order valence-corrected chi connectivity index (χ2v) is 4.86. The Morgan fingerprint density at radius 1 is 1.56 bits per heavy atom. The van der Waals surface area contributed by atoms with E-state index in [1.165, 1.54) is 18.4 Å². The van der Waals surface area contributed by atoms with Crippen LogP contribution in [-0.2, 0) is 0 Å². The second-order valence-electron chi connectivity index (χ2n) is 4.86. The zero-order valence-electron chi connectivity index (χ0n) is 10.5. The average molecular weight is 250 g/mol. The fourth-order valence-electron chi connectivity index (χ4n) is 2.29. The summed E-state index contributed by atoms with van der Waals surface area (Å²) in [6, 6.07) is 2.86. The van der Waals surface area contributed by atoms with Crippen LogP contribution in [-0.4, -0.2) is 29.9 Å². The smallest absolute Gasteiger partial charge is 0.335 e. The molecule has 2 atom stereocenters. The molecule has 1 fully saturated rings. The largest absolute Gasteiger partial charge is 0.430 e. The zero-order valence-corrected chi connectivity index (χ0v) is 10.5. The van der Waals surface area contributed by atoms with E-state index in [0.717, 1.165) is 19.4 Å². The van der Waals surface area contributed by atoms with E-state index < -0.39 is 5.63 Å². The fourth-order valence-corrected chi connectivity index (χ4v) is 2.29. The average Bonchev–Trinajstić information content (AvgIpc) is 2.39. The predicted molar refractivity (Wildman–Crippen MR) is 67.3 cm³/mol. The third kappa shape index (κ3) is 2.79. The highest BCUT2D eigenvalue weighted by Gasteiger charge is 2.26. The highest BCUT2D eigenvalue weighted by molar-refractivity contribution is 5.93. The van der Waals surface area contributed by atoms with Crippen LogP contribution in [0.25, 0.3) is 0 Å². The van der Waals surface area contributed by atoms with Crippen molar-refractivity contribution >= 4 is 5.91 Å². The van der Waals surface area contributed by atoms with Crippen molar-refractivity contribution in [3.63, 3.8) is 0 Å². The van der Waals surface area contributed by atoms with Crippen molar-refractivity contribution in [1.29, 1.82) is 0 Å². The molecule has 1 amide bonds. The summed E-state index contributed by atoms with van der Waals surface area (Å²) in [6.07, 6.45) is 3.25. The van der Waals surface area contributed by atoms with Crippen LogP contribution in [0.15, 0.2) is 27.6 Å². The van der Waals surface area contributed by atoms with Crippen LogP contribution in [0.4, 0.5) is 0 Å². The second kappa shape index (κ2) is 5.35. The summed E-state index contributed by atoms with van der Waals surface area (Å²) in [5.41, 5.74) is 5.86. The summed E-state index contributed by atoms with van der Waals surface area (Å²) in [5, 5.41) is 0. The summed E-state index contributed by atoms with van der Waals surface area (Å²) in [7, 11) is 0. The highest BCUT2D eigenvalue weighted by Crippen LogP contribution is 2.20. The Morgan fingerprint density at radius 3 is 2.94 bits per heavy atom. The third-order valence-electron chi connectivity index (χ3n) is 3.44. The number of hydrogen-bond donors (Lipinski definition) is 1. The lowest BCUT2D eigenvalue weighted by Gasteiger charge is -2.34. The lowest BCUT2D eigenvalue weighted by molar-refractivity contribution is 0.0658. The predicted octanol–water partition coefficient (Wildman–Crippen LogP) is 0.839. The molecule has 5 nitrogen and oxygen atoms in total. The maximum atomic E-state index is 12.2. The molecule has 0 bridgehead atoms. The summed E-state index contributed by atoms with van der Waals surface area (Å²) in [4.78, 5) is 24.8. The lowest BCUT2D eigenvalue weighted by atomic mass is 9.92. The van der Waals surface area contributed by atoms with E-state index >= 15 is 0 Å². The molecule has 2 N–H and O–H groups in total. The van der Waals surface area contributed by atoms with Crippen molar-refractivity contribution in [2.75, 3.05) is 13.1 Å². The number of amides is 1. The van der Waals surface area contributed by atoms with Crippen LogP contribution in [0.3, 0.4) is 0 Å². The van der Waals surface area contributed by atoms with Gasteiger partial charge in [-0.15, -0.1) is 0 Å². The minimum absolute atomic E-state index is 0.0919. The molecule has 0 aromatic carbocycles. The number of rotatable bonds is 2. The lowest BCUT2D eigenvalue weighted by Crippen LogP contribution is -2.45. The molecule has 1 aromatic heterocycles. The van der Waals surface area contributed by atoms with E-state index in [0.29, 0.717) is 18.0 Å². The van der Waals surface area contributed by atoms with Crippen molar-refractivity contribution in [3.05, 3.63) is 34.4 Å². The molecule has 0 saturated carbocycles. The molecular formula is C13H18N2O3. The van der Waals surface area contributed by atoms with Crippen molar-refractivity contribution in [3.8, 4) is 0 Å². The quantitative estimate of drug-likeness (QED) is 0.843. The summed E-state index contributed by atoms with van der Waals surface area (Å²) in [6.45, 7) is 3.39. The molecule has 2 unspecified atom stereocenters. The van der Waals surface area contributed by atoms with Gasteiger partial charge in [-0.25, -0.2) is 4.79 Å². The number of likely N-dealkylation sites (tertiary alicyclic amines) is 1. The standard InChI is InChI=1S/C13H18N2O3/c1-9(14)10-3-2-6-15(7-10)13(17)11-4-5-12(16)18-8-11/h4-5,8-10H,2-3,6-7,14H2,1H3. The van der Waals surface area contributed by atoms with E-state index in [1.54, 1.807) is 4.90 Å². The molecular weight excluding hydrogens is 232 g/mol. The minimum Gasteiger partial charge on any atom is -0.430 e. The summed E-state index contributed by atoms with van der Waals surface area (Å²) < 4.78 is 4.72. The van der Waals surface area contributed by atoms with Crippen LogP contribution in [0, 0.1) is 5.92 Å². The van der Waals surface area contributed by atoms with E-state index in [1.807, 2.05) is 6.92 Å². The van der Waals surface area contributed by atoms with Crippen LogP contribution < -0.4 is 11.4 Å². The highest BCUT2D eigenvalue weighted by atomic mass is 16.4. The molecule has 98 valence electrons. The molecule has 1 saturated heterocycles. The van der Waals surface area contributed by atoms with Crippen molar-refractivity contribution in [1.82, 2.24) is 4.90 Å². The van der Waals surface area contributed by atoms with Crippen molar-refractivity contribution in [2.24, 2.45) is 11.7 Å². The van der Waals surface area contributed by atoms with E-state index in [9.17, 15) is 9.59 Å². The zero-order chi connectivity index (χ0) is 13.1. The van der Waals surface area contributed by atoms with Crippen molar-refractivity contribution < 1.29 is 9.21 Å².